The summed E-state index contributed by atoms with van der Waals surface area (Å²) in [6.07, 6.45) is -6.56. The molecule has 166 valence electrons. The van der Waals surface area contributed by atoms with E-state index >= 15 is 0 Å². The molecule has 1 amide bonds. The average molecular weight is 479 g/mol. The Morgan fingerprint density at radius 1 is 1.30 bits per heavy atom. The highest BCUT2D eigenvalue weighted by molar-refractivity contribution is 7.89. The van der Waals surface area contributed by atoms with Gasteiger partial charge in [0.25, 0.3) is 12.3 Å². The SMILES string of the molecule is C[C@@H](NS(=O)(=O)c1cn(C)c(C(=O)Nc2ccnc(C(F)F)c2F)c1Cl)C(F)(F)F. The zero-order valence-corrected chi connectivity index (χ0v) is 16.6. The van der Waals surface area contributed by atoms with Gasteiger partial charge in [-0.3, -0.25) is 9.78 Å². The van der Waals surface area contributed by atoms with E-state index < -0.39 is 67.4 Å². The number of alkyl halides is 5. The topological polar surface area (TPSA) is 93.1 Å². The third-order valence-corrected chi connectivity index (χ3v) is 5.83. The summed E-state index contributed by atoms with van der Waals surface area (Å²) >= 11 is 5.89. The van der Waals surface area contributed by atoms with Gasteiger partial charge in [0.2, 0.25) is 10.0 Å². The molecule has 0 fully saturated rings. The van der Waals surface area contributed by atoms with Crippen LogP contribution < -0.4 is 10.0 Å². The van der Waals surface area contributed by atoms with Crippen LogP contribution in [0.5, 0.6) is 0 Å². The number of pyridine rings is 1. The number of hydrogen-bond donors (Lipinski definition) is 2. The van der Waals surface area contributed by atoms with E-state index in [9.17, 15) is 39.6 Å². The maximum absolute atomic E-state index is 14.0. The number of nitrogens with one attached hydrogen (secondary N) is 2. The molecule has 15 heteroatoms. The number of anilines is 1. The molecule has 0 aliphatic rings. The predicted molar refractivity (Wildman–Crippen MR) is 93.4 cm³/mol. The van der Waals surface area contributed by atoms with Crippen molar-refractivity contribution >= 4 is 33.2 Å². The molecule has 2 rings (SSSR count). The van der Waals surface area contributed by atoms with E-state index in [1.165, 1.54) is 4.72 Å². The number of carbonyl (C=O) groups excluding carboxylic acids is 1. The lowest BCUT2D eigenvalue weighted by atomic mass is 10.3. The van der Waals surface area contributed by atoms with Crippen LogP contribution in [0.4, 0.5) is 32.0 Å². The van der Waals surface area contributed by atoms with Gasteiger partial charge >= 0.3 is 6.18 Å². The fraction of sp³-hybridized carbons (Fsp3) is 0.333. The zero-order chi connectivity index (χ0) is 23.0. The maximum atomic E-state index is 14.0. The molecule has 0 aliphatic carbocycles. The lowest BCUT2D eigenvalue weighted by Crippen LogP contribution is -2.42. The van der Waals surface area contributed by atoms with Crippen molar-refractivity contribution < 1.29 is 39.6 Å². The predicted octanol–water partition coefficient (Wildman–Crippen LogP) is 3.63. The number of nitrogens with zero attached hydrogens (tertiary/aromatic N) is 2. The molecule has 1 atom stereocenters. The Balaban J connectivity index is 2.38. The molecule has 0 saturated carbocycles. The molecule has 2 aromatic heterocycles. The summed E-state index contributed by atoms with van der Waals surface area (Å²) < 4.78 is 104. The lowest BCUT2D eigenvalue weighted by Gasteiger charge is -2.16. The Kier molecular flexibility index (Phi) is 6.73. The van der Waals surface area contributed by atoms with Crippen molar-refractivity contribution in [2.75, 3.05) is 5.32 Å². The van der Waals surface area contributed by atoms with Gasteiger partial charge < -0.3 is 9.88 Å². The Bertz CT molecular complexity index is 1070. The minimum absolute atomic E-state index is 0.563. The van der Waals surface area contributed by atoms with Crippen LogP contribution in [-0.2, 0) is 17.1 Å². The highest BCUT2D eigenvalue weighted by atomic mass is 35.5. The van der Waals surface area contributed by atoms with Crippen molar-refractivity contribution in [2.24, 2.45) is 7.05 Å². The smallest absolute Gasteiger partial charge is 0.344 e. The van der Waals surface area contributed by atoms with Crippen LogP contribution in [0, 0.1) is 5.82 Å². The quantitative estimate of drug-likeness (QED) is 0.620. The van der Waals surface area contributed by atoms with Gasteiger partial charge in [-0.2, -0.15) is 17.9 Å². The molecule has 0 radical (unpaired) electrons. The van der Waals surface area contributed by atoms with Crippen LogP contribution in [0.2, 0.25) is 5.02 Å². The third kappa shape index (κ3) is 4.87. The number of amides is 1. The highest BCUT2D eigenvalue weighted by Crippen LogP contribution is 2.30. The van der Waals surface area contributed by atoms with E-state index in [0.29, 0.717) is 6.92 Å². The van der Waals surface area contributed by atoms with Crippen LogP contribution in [0.15, 0.2) is 23.4 Å². The maximum Gasteiger partial charge on any atom is 0.404 e. The number of aryl methyl sites for hydroxylation is 1. The second-order valence-corrected chi connectivity index (χ2v) is 8.02. The molecular weight excluding hydrogens is 466 g/mol. The number of aromatic nitrogens is 2. The summed E-state index contributed by atoms with van der Waals surface area (Å²) in [6, 6.07) is -1.57. The fourth-order valence-electron chi connectivity index (χ4n) is 2.27. The first kappa shape index (κ1) is 24.0. The molecular formula is C15H13ClF6N4O3S. The van der Waals surface area contributed by atoms with Crippen LogP contribution in [-0.4, -0.2) is 36.1 Å². The van der Waals surface area contributed by atoms with E-state index in [4.69, 9.17) is 11.6 Å². The van der Waals surface area contributed by atoms with Crippen molar-refractivity contribution in [1.29, 1.82) is 0 Å². The van der Waals surface area contributed by atoms with Crippen molar-refractivity contribution in [2.45, 2.75) is 30.5 Å². The molecule has 2 aromatic rings. The first-order chi connectivity index (χ1) is 13.7. The summed E-state index contributed by atoms with van der Waals surface area (Å²) in [5.74, 6) is -2.71. The Morgan fingerprint density at radius 2 is 1.90 bits per heavy atom. The fourth-order valence-corrected chi connectivity index (χ4v) is 4.20. The van der Waals surface area contributed by atoms with E-state index in [2.05, 4.69) is 4.98 Å². The van der Waals surface area contributed by atoms with Crippen LogP contribution in [0.1, 0.15) is 29.5 Å². The van der Waals surface area contributed by atoms with Gasteiger partial charge in [0.1, 0.15) is 22.3 Å². The minimum atomic E-state index is -4.88. The number of hydrogen-bond acceptors (Lipinski definition) is 4. The van der Waals surface area contributed by atoms with Crippen molar-refractivity contribution in [3.63, 3.8) is 0 Å². The minimum Gasteiger partial charge on any atom is -0.344 e. The van der Waals surface area contributed by atoms with Crippen LogP contribution in [0.3, 0.4) is 0 Å². The van der Waals surface area contributed by atoms with Gasteiger partial charge in [0, 0.05) is 19.4 Å². The largest absolute Gasteiger partial charge is 0.404 e. The molecule has 0 unspecified atom stereocenters. The van der Waals surface area contributed by atoms with Crippen molar-refractivity contribution in [3.05, 3.63) is 40.7 Å². The van der Waals surface area contributed by atoms with E-state index in [0.717, 1.165) is 30.1 Å². The third-order valence-electron chi connectivity index (χ3n) is 3.79. The zero-order valence-electron chi connectivity index (χ0n) is 15.1. The van der Waals surface area contributed by atoms with Gasteiger partial charge in [0.05, 0.1) is 10.7 Å². The lowest BCUT2D eigenvalue weighted by molar-refractivity contribution is -0.147. The van der Waals surface area contributed by atoms with Gasteiger partial charge in [-0.1, -0.05) is 11.6 Å². The molecule has 0 aromatic carbocycles. The van der Waals surface area contributed by atoms with Gasteiger partial charge in [-0.15, -0.1) is 0 Å². The summed E-state index contributed by atoms with van der Waals surface area (Å²) in [7, 11) is -3.64. The summed E-state index contributed by atoms with van der Waals surface area (Å²) in [4.78, 5) is 14.7. The van der Waals surface area contributed by atoms with Crippen molar-refractivity contribution in [1.82, 2.24) is 14.3 Å². The standard InChI is InChI=1S/C15H13ClF6N4O3S/c1-6(15(20,21)22)25-30(28,29)8-5-26(2)12(9(8)16)14(27)24-7-3-4-23-11(10(7)17)13(18)19/h3-6,13,25H,1-2H3,(H,23,24,27)/t6-/m1/s1. The molecule has 7 nitrogen and oxygen atoms in total. The number of halogens is 7. The van der Waals surface area contributed by atoms with E-state index in [1.54, 1.807) is 0 Å². The summed E-state index contributed by atoms with van der Waals surface area (Å²) in [5, 5.41) is 1.20. The summed E-state index contributed by atoms with van der Waals surface area (Å²) in [6.45, 7) is 0.564. The van der Waals surface area contributed by atoms with Crippen LogP contribution >= 0.6 is 11.6 Å². The van der Waals surface area contributed by atoms with E-state index in [1.807, 2.05) is 5.32 Å². The van der Waals surface area contributed by atoms with Gasteiger partial charge in [-0.05, 0) is 13.0 Å². The first-order valence-corrected chi connectivity index (χ1v) is 9.70. The molecule has 2 N–H and O–H groups in total. The molecule has 0 aliphatic heterocycles. The van der Waals surface area contributed by atoms with Crippen molar-refractivity contribution in [3.8, 4) is 0 Å². The number of carbonyl (C=O) groups is 1. The monoisotopic (exact) mass is 478 g/mol. The second kappa shape index (κ2) is 8.43. The van der Waals surface area contributed by atoms with Gasteiger partial charge in [-0.25, -0.2) is 21.6 Å². The molecule has 2 heterocycles. The second-order valence-electron chi connectivity index (χ2n) is 5.96. The van der Waals surface area contributed by atoms with Crippen LogP contribution in [0.25, 0.3) is 0 Å². The summed E-state index contributed by atoms with van der Waals surface area (Å²) in [5.41, 5.74) is -2.47. The number of rotatable bonds is 6. The Labute approximate surface area is 171 Å². The number of sulfonamides is 1. The van der Waals surface area contributed by atoms with E-state index in [-0.39, 0.29) is 0 Å². The average Bonchev–Trinajstić information content (AvgIpc) is 2.90. The molecule has 0 bridgehead atoms. The first-order valence-electron chi connectivity index (χ1n) is 7.84. The molecule has 0 spiro atoms. The van der Waals surface area contributed by atoms with Gasteiger partial charge in [0.15, 0.2) is 5.82 Å². The normalized spacial score (nSPS) is 13.5. The highest BCUT2D eigenvalue weighted by Gasteiger charge is 2.40. The Morgan fingerprint density at radius 3 is 2.43 bits per heavy atom. The Hall–Kier alpha value is -2.32. The molecule has 0 saturated heterocycles. The molecule has 30 heavy (non-hydrogen) atoms.